The van der Waals surface area contributed by atoms with Crippen molar-refractivity contribution in [3.8, 4) is 23.0 Å². The van der Waals surface area contributed by atoms with Crippen LogP contribution in [0.15, 0.2) is 42.5 Å². The van der Waals surface area contributed by atoms with Crippen molar-refractivity contribution in [2.75, 3.05) is 34.5 Å². The lowest BCUT2D eigenvalue weighted by Gasteiger charge is -2.12. The average Bonchev–Trinajstić information content (AvgIpc) is 2.72. The van der Waals surface area contributed by atoms with Crippen LogP contribution in [0.1, 0.15) is 18.1 Å². The normalized spacial score (nSPS) is 10.6. The van der Waals surface area contributed by atoms with Gasteiger partial charge in [0.15, 0.2) is 29.6 Å². The maximum absolute atomic E-state index is 12.1. The number of hydrogen-bond acceptors (Lipinski definition) is 5. The van der Waals surface area contributed by atoms with Crippen LogP contribution in [-0.2, 0) is 11.2 Å². The van der Waals surface area contributed by atoms with E-state index in [1.165, 1.54) is 0 Å². The molecule has 150 valence electrons. The fourth-order valence-electron chi connectivity index (χ4n) is 2.68. The fraction of sp³-hybridized carbons (Fsp3) is 0.318. The molecule has 2 aromatic carbocycles. The van der Waals surface area contributed by atoms with Crippen LogP contribution in [0.3, 0.4) is 0 Å². The Morgan fingerprint density at radius 1 is 0.929 bits per heavy atom. The number of benzene rings is 2. The zero-order chi connectivity index (χ0) is 20.4. The highest BCUT2D eigenvalue weighted by Crippen LogP contribution is 2.29. The van der Waals surface area contributed by atoms with Gasteiger partial charge in [-0.1, -0.05) is 24.3 Å². The Kier molecular flexibility index (Phi) is 8.21. The topological polar surface area (TPSA) is 66.0 Å². The third-order valence-electron chi connectivity index (χ3n) is 4.09. The second-order valence-electron chi connectivity index (χ2n) is 5.99. The molecule has 6 nitrogen and oxygen atoms in total. The van der Waals surface area contributed by atoms with E-state index in [2.05, 4.69) is 5.32 Å². The standard InChI is InChI=1S/C22H27NO5/c1-5-6-16-8-10-19(21(13-16)27-4)28-15-22(24)23-12-11-17-7-9-18(25-2)20(14-17)26-3/h5-10,13-14H,11-12,15H2,1-4H3,(H,23,24)/b6-5+. The molecule has 0 spiro atoms. The van der Waals surface area contributed by atoms with E-state index in [0.717, 1.165) is 11.1 Å². The molecule has 28 heavy (non-hydrogen) atoms. The molecule has 0 saturated carbocycles. The lowest BCUT2D eigenvalue weighted by atomic mass is 10.1. The van der Waals surface area contributed by atoms with E-state index in [0.29, 0.717) is 36.0 Å². The number of hydrogen-bond donors (Lipinski definition) is 1. The zero-order valence-corrected chi connectivity index (χ0v) is 16.8. The number of allylic oxidation sites excluding steroid dienone is 1. The summed E-state index contributed by atoms with van der Waals surface area (Å²) < 4.78 is 21.4. The maximum atomic E-state index is 12.1. The molecule has 2 rings (SSSR count). The van der Waals surface area contributed by atoms with Gasteiger partial charge in [-0.3, -0.25) is 4.79 Å². The zero-order valence-electron chi connectivity index (χ0n) is 16.8. The molecule has 0 bridgehead atoms. The van der Waals surface area contributed by atoms with Crippen LogP contribution in [0.5, 0.6) is 23.0 Å². The van der Waals surface area contributed by atoms with Crippen molar-refractivity contribution < 1.29 is 23.7 Å². The first-order chi connectivity index (χ1) is 13.6. The molecule has 0 aromatic heterocycles. The molecule has 1 amide bonds. The molecule has 0 unspecified atom stereocenters. The summed E-state index contributed by atoms with van der Waals surface area (Å²) in [5.74, 6) is 2.28. The summed E-state index contributed by atoms with van der Waals surface area (Å²) in [5.41, 5.74) is 2.05. The first-order valence-corrected chi connectivity index (χ1v) is 9.02. The van der Waals surface area contributed by atoms with Gasteiger partial charge in [0.2, 0.25) is 0 Å². The Morgan fingerprint density at radius 2 is 1.61 bits per heavy atom. The van der Waals surface area contributed by atoms with Gasteiger partial charge in [0.25, 0.3) is 5.91 Å². The smallest absolute Gasteiger partial charge is 0.257 e. The Hall–Kier alpha value is -3.15. The summed E-state index contributed by atoms with van der Waals surface area (Å²) >= 11 is 0. The van der Waals surface area contributed by atoms with Gasteiger partial charge in [0.1, 0.15) is 0 Å². The number of nitrogens with one attached hydrogen (secondary N) is 1. The molecule has 0 radical (unpaired) electrons. The van der Waals surface area contributed by atoms with E-state index in [9.17, 15) is 4.79 Å². The highest BCUT2D eigenvalue weighted by atomic mass is 16.5. The number of carbonyl (C=O) groups is 1. The van der Waals surface area contributed by atoms with Gasteiger partial charge in [0.05, 0.1) is 21.3 Å². The number of methoxy groups -OCH3 is 3. The van der Waals surface area contributed by atoms with Gasteiger partial charge >= 0.3 is 0 Å². The van der Waals surface area contributed by atoms with E-state index < -0.39 is 0 Å². The summed E-state index contributed by atoms with van der Waals surface area (Å²) in [5, 5.41) is 2.85. The van der Waals surface area contributed by atoms with Crippen LogP contribution >= 0.6 is 0 Å². The van der Waals surface area contributed by atoms with Crippen LogP contribution in [0.25, 0.3) is 6.08 Å². The molecule has 0 aliphatic rings. The summed E-state index contributed by atoms with van der Waals surface area (Å²) in [6, 6.07) is 11.3. The monoisotopic (exact) mass is 385 g/mol. The number of amides is 1. The lowest BCUT2D eigenvalue weighted by Crippen LogP contribution is -2.30. The average molecular weight is 385 g/mol. The Morgan fingerprint density at radius 3 is 2.29 bits per heavy atom. The maximum Gasteiger partial charge on any atom is 0.257 e. The first-order valence-electron chi connectivity index (χ1n) is 9.02. The van der Waals surface area contributed by atoms with Crippen molar-refractivity contribution in [2.24, 2.45) is 0 Å². The molecule has 6 heteroatoms. The molecule has 0 heterocycles. The van der Waals surface area contributed by atoms with Gasteiger partial charge in [-0.25, -0.2) is 0 Å². The third kappa shape index (κ3) is 5.94. The highest BCUT2D eigenvalue weighted by Gasteiger charge is 2.09. The minimum Gasteiger partial charge on any atom is -0.493 e. The molecule has 1 N–H and O–H groups in total. The Labute approximate surface area is 166 Å². The number of ether oxygens (including phenoxy) is 4. The quantitative estimate of drug-likeness (QED) is 0.678. The van der Waals surface area contributed by atoms with Crippen molar-refractivity contribution in [3.63, 3.8) is 0 Å². The lowest BCUT2D eigenvalue weighted by molar-refractivity contribution is -0.123. The highest BCUT2D eigenvalue weighted by molar-refractivity contribution is 5.77. The largest absolute Gasteiger partial charge is 0.493 e. The van der Waals surface area contributed by atoms with Crippen LogP contribution in [-0.4, -0.2) is 40.4 Å². The minimum absolute atomic E-state index is 0.0781. The summed E-state index contributed by atoms with van der Waals surface area (Å²) in [7, 11) is 4.77. The van der Waals surface area contributed by atoms with Crippen LogP contribution in [0.4, 0.5) is 0 Å². The van der Waals surface area contributed by atoms with Crippen molar-refractivity contribution in [1.82, 2.24) is 5.32 Å². The number of carbonyl (C=O) groups excluding carboxylic acids is 1. The van der Waals surface area contributed by atoms with Crippen molar-refractivity contribution in [2.45, 2.75) is 13.3 Å². The summed E-state index contributed by atoms with van der Waals surface area (Å²) in [6.45, 7) is 2.36. The molecular formula is C22H27NO5. The summed E-state index contributed by atoms with van der Waals surface area (Å²) in [4.78, 5) is 12.1. The minimum atomic E-state index is -0.194. The first kappa shape index (κ1) is 21.2. The van der Waals surface area contributed by atoms with E-state index in [1.807, 2.05) is 49.4 Å². The predicted molar refractivity (Wildman–Crippen MR) is 109 cm³/mol. The van der Waals surface area contributed by atoms with Crippen molar-refractivity contribution >= 4 is 12.0 Å². The number of rotatable bonds is 10. The Balaban J connectivity index is 1.83. The van der Waals surface area contributed by atoms with Gasteiger partial charge in [0, 0.05) is 6.54 Å². The summed E-state index contributed by atoms with van der Waals surface area (Å²) in [6.07, 6.45) is 4.59. The van der Waals surface area contributed by atoms with Crippen LogP contribution < -0.4 is 24.3 Å². The van der Waals surface area contributed by atoms with E-state index >= 15 is 0 Å². The molecule has 0 atom stereocenters. The second-order valence-corrected chi connectivity index (χ2v) is 5.99. The van der Waals surface area contributed by atoms with Gasteiger partial charge < -0.3 is 24.3 Å². The van der Waals surface area contributed by atoms with Gasteiger partial charge in [-0.05, 0) is 48.7 Å². The third-order valence-corrected chi connectivity index (χ3v) is 4.09. The second kappa shape index (κ2) is 10.9. The van der Waals surface area contributed by atoms with E-state index in [-0.39, 0.29) is 12.5 Å². The Bertz CT molecular complexity index is 817. The molecule has 0 fully saturated rings. The SMILES string of the molecule is C/C=C/c1ccc(OCC(=O)NCCc2ccc(OC)c(OC)c2)c(OC)c1. The van der Waals surface area contributed by atoms with Crippen molar-refractivity contribution in [1.29, 1.82) is 0 Å². The molecule has 2 aromatic rings. The van der Waals surface area contributed by atoms with Gasteiger partial charge in [-0.2, -0.15) is 0 Å². The fourth-order valence-corrected chi connectivity index (χ4v) is 2.68. The van der Waals surface area contributed by atoms with Gasteiger partial charge in [-0.15, -0.1) is 0 Å². The van der Waals surface area contributed by atoms with Crippen molar-refractivity contribution in [3.05, 3.63) is 53.6 Å². The molecule has 0 aliphatic carbocycles. The van der Waals surface area contributed by atoms with Crippen LogP contribution in [0, 0.1) is 0 Å². The van der Waals surface area contributed by atoms with E-state index in [1.54, 1.807) is 27.4 Å². The molecule has 0 aliphatic heterocycles. The molecule has 0 saturated heterocycles. The molecular weight excluding hydrogens is 358 g/mol. The van der Waals surface area contributed by atoms with E-state index in [4.69, 9.17) is 18.9 Å². The predicted octanol–water partition coefficient (Wildman–Crippen LogP) is 3.48. The van der Waals surface area contributed by atoms with Crippen LogP contribution in [0.2, 0.25) is 0 Å².